The average molecular weight is 280 g/mol. The van der Waals surface area contributed by atoms with Gasteiger partial charge in [0.2, 0.25) is 0 Å². The van der Waals surface area contributed by atoms with E-state index in [1.54, 1.807) is 31.3 Å². The molecule has 5 nitrogen and oxygen atoms in total. The smallest absolute Gasteiger partial charge is 0.277 e. The van der Waals surface area contributed by atoms with Gasteiger partial charge in [-0.05, 0) is 37.4 Å². The van der Waals surface area contributed by atoms with Crippen molar-refractivity contribution in [1.29, 1.82) is 0 Å². The minimum atomic E-state index is -0.179. The highest BCUT2D eigenvalue weighted by molar-refractivity contribution is 5.93. The Bertz CT molecular complexity index is 402. The van der Waals surface area contributed by atoms with Crippen LogP contribution in [0.5, 0.6) is 5.75 Å². The molecule has 0 bridgehead atoms. The van der Waals surface area contributed by atoms with Crippen LogP contribution in [0.2, 0.25) is 0 Å². The monoisotopic (exact) mass is 280 g/mol. The molecule has 0 aliphatic heterocycles. The Kier molecular flexibility index (Phi) is 7.04. The lowest BCUT2D eigenvalue weighted by Crippen LogP contribution is -2.28. The Labute approximate surface area is 121 Å². The third kappa shape index (κ3) is 4.83. The SMILES string of the molecule is CCN(CC)CCOc1ccc(C(=O)N(C)OC)cc1. The van der Waals surface area contributed by atoms with Crippen molar-refractivity contribution in [3.05, 3.63) is 29.8 Å². The number of amides is 1. The van der Waals surface area contributed by atoms with Crippen molar-refractivity contribution < 1.29 is 14.4 Å². The number of ether oxygens (including phenoxy) is 1. The summed E-state index contributed by atoms with van der Waals surface area (Å²) in [6, 6.07) is 7.09. The molecule has 0 atom stereocenters. The van der Waals surface area contributed by atoms with Crippen molar-refractivity contribution in [2.24, 2.45) is 0 Å². The Hall–Kier alpha value is -1.59. The van der Waals surface area contributed by atoms with Crippen molar-refractivity contribution in [3.63, 3.8) is 0 Å². The van der Waals surface area contributed by atoms with E-state index in [-0.39, 0.29) is 5.91 Å². The van der Waals surface area contributed by atoms with Gasteiger partial charge in [-0.1, -0.05) is 13.8 Å². The topological polar surface area (TPSA) is 42.0 Å². The van der Waals surface area contributed by atoms with E-state index in [1.807, 2.05) is 0 Å². The molecule has 0 aromatic heterocycles. The summed E-state index contributed by atoms with van der Waals surface area (Å²) in [6.07, 6.45) is 0. The van der Waals surface area contributed by atoms with Gasteiger partial charge >= 0.3 is 0 Å². The minimum Gasteiger partial charge on any atom is -0.492 e. The van der Waals surface area contributed by atoms with Crippen molar-refractivity contribution in [1.82, 2.24) is 9.96 Å². The molecule has 1 amide bonds. The minimum absolute atomic E-state index is 0.179. The molecule has 20 heavy (non-hydrogen) atoms. The Morgan fingerprint density at radius 2 is 1.75 bits per heavy atom. The predicted molar refractivity (Wildman–Crippen MR) is 78.8 cm³/mol. The van der Waals surface area contributed by atoms with Crippen molar-refractivity contribution >= 4 is 5.91 Å². The molecule has 0 aliphatic rings. The molecule has 0 aliphatic carbocycles. The Morgan fingerprint density at radius 1 is 1.15 bits per heavy atom. The first-order chi connectivity index (χ1) is 9.62. The predicted octanol–water partition coefficient (Wildman–Crippen LogP) is 2.04. The van der Waals surface area contributed by atoms with E-state index in [4.69, 9.17) is 9.57 Å². The summed E-state index contributed by atoms with van der Waals surface area (Å²) < 4.78 is 5.66. The number of likely N-dealkylation sites (N-methyl/N-ethyl adjacent to an activating group) is 1. The summed E-state index contributed by atoms with van der Waals surface area (Å²) in [4.78, 5) is 19.0. The Balaban J connectivity index is 2.48. The van der Waals surface area contributed by atoms with Crippen LogP contribution in [0.1, 0.15) is 24.2 Å². The van der Waals surface area contributed by atoms with Crippen LogP contribution in [0, 0.1) is 0 Å². The van der Waals surface area contributed by atoms with Gasteiger partial charge in [0.15, 0.2) is 0 Å². The van der Waals surface area contributed by atoms with Crippen LogP contribution in [0.15, 0.2) is 24.3 Å². The van der Waals surface area contributed by atoms with Gasteiger partial charge in [0.1, 0.15) is 12.4 Å². The number of benzene rings is 1. The van der Waals surface area contributed by atoms with Gasteiger partial charge in [0, 0.05) is 19.2 Å². The summed E-state index contributed by atoms with van der Waals surface area (Å²) in [7, 11) is 3.04. The van der Waals surface area contributed by atoms with Crippen molar-refractivity contribution in [3.8, 4) is 5.75 Å². The molecule has 0 saturated carbocycles. The molecular formula is C15H24N2O3. The number of nitrogens with zero attached hydrogens (tertiary/aromatic N) is 2. The molecule has 0 radical (unpaired) electrons. The van der Waals surface area contributed by atoms with Gasteiger partial charge in [-0.15, -0.1) is 0 Å². The molecule has 0 heterocycles. The molecular weight excluding hydrogens is 256 g/mol. The maximum Gasteiger partial charge on any atom is 0.277 e. The molecule has 0 spiro atoms. The van der Waals surface area contributed by atoms with E-state index in [9.17, 15) is 4.79 Å². The molecule has 0 saturated heterocycles. The zero-order chi connectivity index (χ0) is 15.0. The number of hydrogen-bond acceptors (Lipinski definition) is 4. The van der Waals surface area contributed by atoms with Crippen LogP contribution in [-0.4, -0.2) is 56.3 Å². The second kappa shape index (κ2) is 8.55. The lowest BCUT2D eigenvalue weighted by molar-refractivity contribution is -0.0757. The fraction of sp³-hybridized carbons (Fsp3) is 0.533. The van der Waals surface area contributed by atoms with E-state index in [0.717, 1.165) is 25.4 Å². The Morgan fingerprint density at radius 3 is 2.25 bits per heavy atom. The van der Waals surface area contributed by atoms with E-state index >= 15 is 0 Å². The first-order valence-electron chi connectivity index (χ1n) is 6.89. The summed E-state index contributed by atoms with van der Waals surface area (Å²) in [5.74, 6) is 0.593. The van der Waals surface area contributed by atoms with Crippen molar-refractivity contribution in [2.45, 2.75) is 13.8 Å². The van der Waals surface area contributed by atoms with Crippen LogP contribution in [-0.2, 0) is 4.84 Å². The van der Waals surface area contributed by atoms with Gasteiger partial charge < -0.3 is 9.64 Å². The lowest BCUT2D eigenvalue weighted by atomic mass is 10.2. The lowest BCUT2D eigenvalue weighted by Gasteiger charge is -2.18. The molecule has 0 fully saturated rings. The number of rotatable bonds is 8. The summed E-state index contributed by atoms with van der Waals surface area (Å²) in [6.45, 7) is 7.87. The fourth-order valence-corrected chi connectivity index (χ4v) is 1.79. The third-order valence-electron chi connectivity index (χ3n) is 3.23. The molecule has 5 heteroatoms. The van der Waals surface area contributed by atoms with Crippen LogP contribution in [0.25, 0.3) is 0 Å². The number of hydrogen-bond donors (Lipinski definition) is 0. The summed E-state index contributed by atoms with van der Waals surface area (Å²) in [5.41, 5.74) is 0.574. The first kappa shape index (κ1) is 16.5. The highest BCUT2D eigenvalue weighted by Gasteiger charge is 2.10. The number of carbonyl (C=O) groups excluding carboxylic acids is 1. The average Bonchev–Trinajstić information content (AvgIpc) is 2.50. The van der Waals surface area contributed by atoms with Crippen LogP contribution in [0.3, 0.4) is 0 Å². The highest BCUT2D eigenvalue weighted by Crippen LogP contribution is 2.13. The van der Waals surface area contributed by atoms with Crippen molar-refractivity contribution in [2.75, 3.05) is 40.4 Å². The molecule has 0 unspecified atom stereocenters. The zero-order valence-electron chi connectivity index (χ0n) is 12.8. The molecule has 0 N–H and O–H groups in total. The highest BCUT2D eigenvalue weighted by atomic mass is 16.7. The maximum absolute atomic E-state index is 11.8. The third-order valence-corrected chi connectivity index (χ3v) is 3.23. The van der Waals surface area contributed by atoms with Gasteiger partial charge in [-0.25, -0.2) is 5.06 Å². The maximum atomic E-state index is 11.8. The second-order valence-electron chi connectivity index (χ2n) is 4.38. The quantitative estimate of drug-likeness (QED) is 0.683. The van der Waals surface area contributed by atoms with Gasteiger partial charge in [-0.3, -0.25) is 9.63 Å². The molecule has 1 rings (SSSR count). The normalized spacial score (nSPS) is 10.7. The number of hydroxylamine groups is 2. The standard InChI is InChI=1S/C15H24N2O3/c1-5-17(6-2)11-12-20-14-9-7-13(8-10-14)15(18)16(3)19-4/h7-10H,5-6,11-12H2,1-4H3. The van der Waals surface area contributed by atoms with E-state index in [1.165, 1.54) is 12.2 Å². The second-order valence-corrected chi connectivity index (χ2v) is 4.38. The van der Waals surface area contributed by atoms with E-state index in [2.05, 4.69) is 18.7 Å². The number of carbonyl (C=O) groups is 1. The molecule has 1 aromatic carbocycles. The van der Waals surface area contributed by atoms with Gasteiger partial charge in [-0.2, -0.15) is 0 Å². The van der Waals surface area contributed by atoms with Crippen LogP contribution in [0.4, 0.5) is 0 Å². The van der Waals surface area contributed by atoms with Gasteiger partial charge in [0.25, 0.3) is 5.91 Å². The fourth-order valence-electron chi connectivity index (χ4n) is 1.79. The van der Waals surface area contributed by atoms with Gasteiger partial charge in [0.05, 0.1) is 7.11 Å². The molecule has 1 aromatic rings. The van der Waals surface area contributed by atoms with E-state index in [0.29, 0.717) is 12.2 Å². The van der Waals surface area contributed by atoms with Crippen LogP contribution >= 0.6 is 0 Å². The zero-order valence-corrected chi connectivity index (χ0v) is 12.8. The largest absolute Gasteiger partial charge is 0.492 e. The summed E-state index contributed by atoms with van der Waals surface area (Å²) in [5, 5.41) is 1.19. The van der Waals surface area contributed by atoms with E-state index < -0.39 is 0 Å². The summed E-state index contributed by atoms with van der Waals surface area (Å²) >= 11 is 0. The molecule has 112 valence electrons. The van der Waals surface area contributed by atoms with Crippen LogP contribution < -0.4 is 4.74 Å². The first-order valence-corrected chi connectivity index (χ1v) is 6.89.